The summed E-state index contributed by atoms with van der Waals surface area (Å²) in [6.07, 6.45) is 4.02. The standard InChI is InChI=1S/C35H38ClN5O3S2/c1-20-31-29-11-10-27(36)33(31)32-21(2)39(3)38-28(32)19-45-17-23-15-24(40(4)37-23)18-46-25-14-22-8-6-9-26(22)30(16-25)44-13-7-12-41(29)34(20)35(42)43-5/h10-11,14-16H,6-9,12-13,17-19H2,1-5H3. The number of aromatic nitrogens is 5. The number of esters is 1. The van der Waals surface area contributed by atoms with Gasteiger partial charge in [0.25, 0.3) is 0 Å². The van der Waals surface area contributed by atoms with Crippen LogP contribution >= 0.6 is 35.1 Å². The lowest BCUT2D eigenvalue weighted by Crippen LogP contribution is -2.13. The second-order valence-electron chi connectivity index (χ2n) is 12.1. The number of ether oxygens (including phenoxy) is 2. The minimum Gasteiger partial charge on any atom is -0.493 e. The summed E-state index contributed by atoms with van der Waals surface area (Å²) < 4.78 is 17.8. The molecule has 8 nitrogen and oxygen atoms in total. The van der Waals surface area contributed by atoms with Crippen molar-refractivity contribution in [2.45, 2.75) is 68.2 Å². The third kappa shape index (κ3) is 5.52. The van der Waals surface area contributed by atoms with E-state index in [1.807, 2.05) is 54.3 Å². The van der Waals surface area contributed by atoms with Crippen molar-refractivity contribution in [1.82, 2.24) is 24.1 Å². The van der Waals surface area contributed by atoms with E-state index in [9.17, 15) is 4.79 Å². The predicted octanol–water partition coefficient (Wildman–Crippen LogP) is 7.83. The van der Waals surface area contributed by atoms with Crippen LogP contribution in [0.4, 0.5) is 0 Å². The van der Waals surface area contributed by atoms with E-state index in [1.165, 1.54) is 28.8 Å². The van der Waals surface area contributed by atoms with E-state index in [2.05, 4.69) is 29.7 Å². The van der Waals surface area contributed by atoms with Crippen molar-refractivity contribution in [1.29, 1.82) is 0 Å². The lowest BCUT2D eigenvalue weighted by Gasteiger charge is -2.15. The van der Waals surface area contributed by atoms with Crippen LogP contribution in [0, 0.1) is 13.8 Å². The van der Waals surface area contributed by atoms with Crippen molar-refractivity contribution in [2.75, 3.05) is 13.7 Å². The van der Waals surface area contributed by atoms with E-state index in [4.69, 9.17) is 31.3 Å². The van der Waals surface area contributed by atoms with Gasteiger partial charge in [0.1, 0.15) is 11.4 Å². The maximum Gasteiger partial charge on any atom is 0.354 e. The van der Waals surface area contributed by atoms with Crippen LogP contribution in [-0.2, 0) is 55.5 Å². The molecule has 1 aliphatic heterocycles. The van der Waals surface area contributed by atoms with Crippen LogP contribution < -0.4 is 4.74 Å². The first-order valence-corrected chi connectivity index (χ1v) is 18.2. The van der Waals surface area contributed by atoms with E-state index in [-0.39, 0.29) is 5.97 Å². The Morgan fingerprint density at radius 3 is 2.67 bits per heavy atom. The zero-order valence-electron chi connectivity index (χ0n) is 26.9. The maximum atomic E-state index is 13.3. The summed E-state index contributed by atoms with van der Waals surface area (Å²) in [5, 5.41) is 11.4. The highest BCUT2D eigenvalue weighted by Crippen LogP contribution is 2.43. The number of rotatable bonds is 1. The number of carbonyl (C=O) groups is 1. The Morgan fingerprint density at radius 1 is 1.00 bits per heavy atom. The Morgan fingerprint density at radius 2 is 1.85 bits per heavy atom. The fourth-order valence-electron chi connectivity index (χ4n) is 6.99. The Labute approximate surface area is 282 Å². The summed E-state index contributed by atoms with van der Waals surface area (Å²) in [5.41, 5.74) is 11.2. The van der Waals surface area contributed by atoms with Gasteiger partial charge in [-0.25, -0.2) is 4.79 Å². The van der Waals surface area contributed by atoms with Gasteiger partial charge in [-0.15, -0.1) is 23.5 Å². The van der Waals surface area contributed by atoms with Crippen LogP contribution in [0.3, 0.4) is 0 Å². The highest BCUT2D eigenvalue weighted by atomic mass is 35.5. The second-order valence-corrected chi connectivity index (χ2v) is 14.6. The fraction of sp³-hybridized carbons (Fsp3) is 0.400. The number of methoxy groups -OCH3 is 1. The SMILES string of the molecule is COC(=O)c1c(C)c2c3c(Cl)ccc2n1CCCOc1cc(cc2c1CCC2)SCc1cc(nn1C)CSCc1nn(C)c(C)c1-3. The number of thioether (sulfide) groups is 2. The summed E-state index contributed by atoms with van der Waals surface area (Å²) in [7, 11) is 5.43. The number of halogens is 1. The van der Waals surface area contributed by atoms with Gasteiger partial charge in [0.15, 0.2) is 0 Å². The first-order chi connectivity index (χ1) is 22.2. The average molecular weight is 676 g/mol. The molecule has 11 heteroatoms. The van der Waals surface area contributed by atoms with Gasteiger partial charge in [-0.2, -0.15) is 10.2 Å². The summed E-state index contributed by atoms with van der Waals surface area (Å²) in [6.45, 7) is 5.20. The second kappa shape index (κ2) is 12.7. The van der Waals surface area contributed by atoms with Crippen LogP contribution in [-0.4, -0.2) is 43.8 Å². The van der Waals surface area contributed by atoms with Crippen LogP contribution in [0.15, 0.2) is 35.2 Å². The van der Waals surface area contributed by atoms with Gasteiger partial charge in [-0.3, -0.25) is 9.36 Å². The lowest BCUT2D eigenvalue weighted by molar-refractivity contribution is 0.0587. The number of nitrogens with zero attached hydrogens (tertiary/aromatic N) is 5. The number of carbonyl (C=O) groups excluding carboxylic acids is 1. The molecule has 46 heavy (non-hydrogen) atoms. The van der Waals surface area contributed by atoms with Crippen molar-refractivity contribution >= 4 is 52.0 Å². The molecule has 0 fully saturated rings. The molecular formula is C35H38ClN5O3S2. The van der Waals surface area contributed by atoms with E-state index < -0.39 is 0 Å². The zero-order valence-corrected chi connectivity index (χ0v) is 29.3. The normalized spacial score (nSPS) is 15.3. The molecule has 8 bridgehead atoms. The minimum absolute atomic E-state index is 0.359. The molecule has 0 unspecified atom stereocenters. The molecule has 0 saturated carbocycles. The van der Waals surface area contributed by atoms with E-state index in [1.54, 1.807) is 11.8 Å². The first-order valence-electron chi connectivity index (χ1n) is 15.7. The molecule has 0 radical (unpaired) electrons. The molecule has 5 aromatic rings. The van der Waals surface area contributed by atoms with Crippen molar-refractivity contribution in [3.05, 3.63) is 80.5 Å². The van der Waals surface area contributed by atoms with Crippen molar-refractivity contribution in [3.63, 3.8) is 0 Å². The number of benzene rings is 2. The summed E-state index contributed by atoms with van der Waals surface area (Å²) in [5.74, 6) is 2.93. The van der Waals surface area contributed by atoms with Gasteiger partial charge in [0.05, 0.1) is 25.1 Å². The monoisotopic (exact) mass is 675 g/mol. The van der Waals surface area contributed by atoms with Crippen molar-refractivity contribution in [2.24, 2.45) is 14.1 Å². The molecule has 4 heterocycles. The van der Waals surface area contributed by atoms with Crippen molar-refractivity contribution in [3.8, 4) is 16.9 Å². The first kappa shape index (κ1) is 31.3. The molecular weight excluding hydrogens is 638 g/mol. The third-order valence-electron chi connectivity index (χ3n) is 9.29. The topological polar surface area (TPSA) is 76.1 Å². The molecule has 0 atom stereocenters. The summed E-state index contributed by atoms with van der Waals surface area (Å²) >= 11 is 10.7. The minimum atomic E-state index is -0.359. The maximum absolute atomic E-state index is 13.3. The Kier molecular flexibility index (Phi) is 8.63. The molecule has 0 spiro atoms. The van der Waals surface area contributed by atoms with Gasteiger partial charge in [0, 0.05) is 81.2 Å². The largest absolute Gasteiger partial charge is 0.493 e. The Hall–Kier alpha value is -3.34. The predicted molar refractivity (Wildman–Crippen MR) is 186 cm³/mol. The van der Waals surface area contributed by atoms with Gasteiger partial charge in [-0.1, -0.05) is 11.6 Å². The van der Waals surface area contributed by atoms with Gasteiger partial charge in [-0.05, 0) is 86.6 Å². The average Bonchev–Trinajstić information content (AvgIpc) is 3.79. The molecule has 0 saturated heterocycles. The number of hydrogen-bond acceptors (Lipinski definition) is 7. The molecule has 3 aromatic heterocycles. The number of fused-ring (bicyclic) bond motifs is 8. The van der Waals surface area contributed by atoms with Crippen LogP contribution in [0.2, 0.25) is 5.02 Å². The Balaban J connectivity index is 1.35. The number of aryl methyl sites for hydroxylation is 5. The van der Waals surface area contributed by atoms with E-state index in [0.717, 1.165) is 87.6 Å². The van der Waals surface area contributed by atoms with E-state index in [0.29, 0.717) is 29.6 Å². The summed E-state index contributed by atoms with van der Waals surface area (Å²) in [6, 6.07) is 10.7. The number of hydrogen-bond donors (Lipinski definition) is 0. The fourth-order valence-corrected chi connectivity index (χ4v) is 9.09. The highest BCUT2D eigenvalue weighted by molar-refractivity contribution is 7.98. The van der Waals surface area contributed by atoms with Crippen LogP contribution in [0.5, 0.6) is 5.75 Å². The molecule has 7 rings (SSSR count). The van der Waals surface area contributed by atoms with Crippen molar-refractivity contribution < 1.29 is 14.3 Å². The molecule has 0 amide bonds. The third-order valence-corrected chi connectivity index (χ3v) is 11.6. The van der Waals surface area contributed by atoms with Crippen LogP contribution in [0.1, 0.15) is 62.8 Å². The summed E-state index contributed by atoms with van der Waals surface area (Å²) in [4.78, 5) is 14.5. The molecule has 0 N–H and O–H groups in total. The van der Waals surface area contributed by atoms with E-state index >= 15 is 0 Å². The molecule has 240 valence electrons. The quantitative estimate of drug-likeness (QED) is 0.168. The van der Waals surface area contributed by atoms with Crippen LogP contribution in [0.25, 0.3) is 22.0 Å². The van der Waals surface area contributed by atoms with Gasteiger partial charge in [0.2, 0.25) is 0 Å². The molecule has 2 aliphatic rings. The molecule has 1 aliphatic carbocycles. The lowest BCUT2D eigenvalue weighted by atomic mass is 9.97. The zero-order chi connectivity index (χ0) is 32.1. The smallest absolute Gasteiger partial charge is 0.354 e. The molecule has 2 aromatic carbocycles. The van der Waals surface area contributed by atoms with Gasteiger partial charge < -0.3 is 14.0 Å². The van der Waals surface area contributed by atoms with Gasteiger partial charge >= 0.3 is 5.97 Å². The Bertz CT molecular complexity index is 1990. The highest BCUT2D eigenvalue weighted by Gasteiger charge is 2.28.